The van der Waals surface area contributed by atoms with Gasteiger partial charge in [0.05, 0.1) is 6.04 Å². The van der Waals surface area contributed by atoms with Gasteiger partial charge in [-0.25, -0.2) is 4.79 Å². The van der Waals surface area contributed by atoms with Crippen LogP contribution in [0.15, 0.2) is 30.3 Å². The number of hydrogen-bond acceptors (Lipinski definition) is 10. The molecule has 15 heteroatoms. The molecule has 5 amide bonds. The summed E-state index contributed by atoms with van der Waals surface area (Å²) in [5.41, 5.74) is -0.707. The summed E-state index contributed by atoms with van der Waals surface area (Å²) in [6.07, 6.45) is 4.56. The lowest BCUT2D eigenvalue weighted by molar-refractivity contribution is -0.146. The molecule has 332 valence electrons. The number of benzene rings is 1. The summed E-state index contributed by atoms with van der Waals surface area (Å²) in [6, 6.07) is 6.82. The van der Waals surface area contributed by atoms with Gasteiger partial charge in [0.15, 0.2) is 0 Å². The Bertz CT molecular complexity index is 1540. The molecule has 0 radical (unpaired) electrons. The summed E-state index contributed by atoms with van der Waals surface area (Å²) in [5.74, 6) is -2.67. The normalized spacial score (nSPS) is 19.5. The third-order valence-corrected chi connectivity index (χ3v) is 11.3. The van der Waals surface area contributed by atoms with E-state index in [1.54, 1.807) is 41.5 Å². The molecular formula is C44H72N6O9. The van der Waals surface area contributed by atoms with Crippen molar-refractivity contribution in [2.45, 2.75) is 151 Å². The predicted molar refractivity (Wildman–Crippen MR) is 226 cm³/mol. The number of carbonyl (C=O) groups excluding carboxylic acids is 7. The number of aldehydes is 1. The SMILES string of the molecule is CCC(C(=O)NC(C)C(=O)NC[C@H](C)CC(=O)OCc1ccccc1)[C@H]1CCCC[C@H]1NC(=O)[C@@H](C)NC[C@@](C=O)(CC)[C@@H](C)CNC(=O)C(C)NC(=O)OC(C)(C)C. The molecule has 0 saturated heterocycles. The molecule has 1 aromatic rings. The molecule has 0 bridgehead atoms. The van der Waals surface area contributed by atoms with E-state index in [0.717, 1.165) is 31.1 Å². The van der Waals surface area contributed by atoms with E-state index in [0.29, 0.717) is 19.3 Å². The highest BCUT2D eigenvalue weighted by Crippen LogP contribution is 2.33. The zero-order chi connectivity index (χ0) is 44.3. The fraction of sp³-hybridized carbons (Fsp3) is 0.705. The molecule has 15 nitrogen and oxygen atoms in total. The minimum Gasteiger partial charge on any atom is -0.461 e. The number of ether oxygens (including phenoxy) is 2. The van der Waals surface area contributed by atoms with Gasteiger partial charge in [-0.1, -0.05) is 70.9 Å². The van der Waals surface area contributed by atoms with E-state index in [1.807, 2.05) is 58.0 Å². The van der Waals surface area contributed by atoms with Crippen molar-refractivity contribution in [2.75, 3.05) is 19.6 Å². The second-order valence-corrected chi connectivity index (χ2v) is 17.3. The molecule has 59 heavy (non-hydrogen) atoms. The fourth-order valence-corrected chi connectivity index (χ4v) is 7.26. The molecule has 0 aliphatic heterocycles. The van der Waals surface area contributed by atoms with Gasteiger partial charge in [0.1, 0.15) is 30.6 Å². The van der Waals surface area contributed by atoms with E-state index in [9.17, 15) is 33.6 Å². The number of alkyl carbamates (subject to hydrolysis) is 1. The summed E-state index contributed by atoms with van der Waals surface area (Å²) < 4.78 is 10.6. The van der Waals surface area contributed by atoms with Crippen molar-refractivity contribution in [1.29, 1.82) is 0 Å². The van der Waals surface area contributed by atoms with E-state index in [-0.39, 0.29) is 80.1 Å². The molecule has 1 aromatic carbocycles. The Morgan fingerprint density at radius 1 is 0.797 bits per heavy atom. The van der Waals surface area contributed by atoms with E-state index in [4.69, 9.17) is 9.47 Å². The van der Waals surface area contributed by atoms with Crippen LogP contribution in [0.1, 0.15) is 120 Å². The summed E-state index contributed by atoms with van der Waals surface area (Å²) in [5, 5.41) is 17.5. The minimum atomic E-state index is -0.891. The van der Waals surface area contributed by atoms with Crippen LogP contribution in [0.2, 0.25) is 0 Å². The maximum atomic E-state index is 13.6. The quantitative estimate of drug-likeness (QED) is 0.0680. The van der Waals surface area contributed by atoms with Crippen LogP contribution in [0.25, 0.3) is 0 Å². The smallest absolute Gasteiger partial charge is 0.408 e. The molecule has 1 saturated carbocycles. The maximum absolute atomic E-state index is 13.6. The van der Waals surface area contributed by atoms with Gasteiger partial charge in [-0.2, -0.15) is 0 Å². The molecule has 6 N–H and O–H groups in total. The van der Waals surface area contributed by atoms with Crippen LogP contribution in [-0.4, -0.2) is 91.4 Å². The summed E-state index contributed by atoms with van der Waals surface area (Å²) in [6.45, 7) is 18.4. The van der Waals surface area contributed by atoms with Crippen molar-refractivity contribution in [1.82, 2.24) is 31.9 Å². The predicted octanol–water partition coefficient (Wildman–Crippen LogP) is 4.32. The molecule has 0 aromatic heterocycles. The molecular weight excluding hydrogens is 757 g/mol. The number of hydrogen-bond donors (Lipinski definition) is 6. The van der Waals surface area contributed by atoms with Crippen molar-refractivity contribution >= 4 is 42.0 Å². The Balaban J connectivity index is 1.90. The van der Waals surface area contributed by atoms with Crippen LogP contribution in [0.4, 0.5) is 4.79 Å². The standard InChI is InChI=1S/C44H72N6O9/c1-11-34(41(56)48-31(6)38(53)45-23-28(3)22-37(52)58-25-33-18-14-13-15-19-33)35-20-16-17-21-36(35)50-40(55)30(5)47-26-44(12-2,27-51)29(4)24-46-39(54)32(7)49-42(57)59-43(8,9)10/h13-15,18-19,27-32,34-36,47H,11-12,16-17,20-26H2,1-10H3,(H,45,53)(H,46,54)(H,48,56)(H,49,57)(H,50,55)/t28-,29+,30-,31?,32?,34?,35-,36-,44-/m1/s1. The minimum absolute atomic E-state index is 0.136. The summed E-state index contributed by atoms with van der Waals surface area (Å²) >= 11 is 0. The van der Waals surface area contributed by atoms with Crippen molar-refractivity contribution < 1.29 is 43.0 Å². The third-order valence-electron chi connectivity index (χ3n) is 11.3. The number of amides is 5. The summed E-state index contributed by atoms with van der Waals surface area (Å²) in [4.78, 5) is 89.9. The average Bonchev–Trinajstić information content (AvgIpc) is 3.19. The number of nitrogens with one attached hydrogen (secondary N) is 6. The fourth-order valence-electron chi connectivity index (χ4n) is 7.26. The van der Waals surface area contributed by atoms with Crippen molar-refractivity contribution in [2.24, 2.45) is 29.1 Å². The van der Waals surface area contributed by atoms with Crippen LogP contribution in [0.3, 0.4) is 0 Å². The Kier molecular flexibility index (Phi) is 21.0. The van der Waals surface area contributed by atoms with Crippen LogP contribution < -0.4 is 31.9 Å². The monoisotopic (exact) mass is 829 g/mol. The van der Waals surface area contributed by atoms with Gasteiger partial charge < -0.3 is 46.2 Å². The number of carbonyl (C=O) groups is 7. The highest BCUT2D eigenvalue weighted by atomic mass is 16.6. The lowest BCUT2D eigenvalue weighted by Crippen LogP contribution is -2.55. The van der Waals surface area contributed by atoms with Crippen molar-refractivity contribution in [3.63, 3.8) is 0 Å². The van der Waals surface area contributed by atoms with Gasteiger partial charge in [-0.3, -0.25) is 24.0 Å². The third kappa shape index (κ3) is 17.3. The second-order valence-electron chi connectivity index (χ2n) is 17.3. The van der Waals surface area contributed by atoms with Crippen molar-refractivity contribution in [3.05, 3.63) is 35.9 Å². The first-order chi connectivity index (χ1) is 27.7. The van der Waals surface area contributed by atoms with Gasteiger partial charge in [-0.05, 0) is 90.5 Å². The zero-order valence-electron chi connectivity index (χ0n) is 37.0. The lowest BCUT2D eigenvalue weighted by Gasteiger charge is -2.38. The van der Waals surface area contributed by atoms with Gasteiger partial charge in [0.2, 0.25) is 23.6 Å². The molecule has 1 aliphatic rings. The number of esters is 1. The maximum Gasteiger partial charge on any atom is 0.408 e. The first-order valence-electron chi connectivity index (χ1n) is 21.3. The van der Waals surface area contributed by atoms with Gasteiger partial charge >= 0.3 is 12.1 Å². The van der Waals surface area contributed by atoms with Gasteiger partial charge in [0.25, 0.3) is 0 Å². The summed E-state index contributed by atoms with van der Waals surface area (Å²) in [7, 11) is 0. The first kappa shape index (κ1) is 50.6. The highest BCUT2D eigenvalue weighted by molar-refractivity contribution is 5.88. The topological polar surface area (TPSA) is 210 Å². The molecule has 0 heterocycles. The van der Waals surface area contributed by atoms with Crippen molar-refractivity contribution in [3.8, 4) is 0 Å². The number of rotatable bonds is 23. The van der Waals surface area contributed by atoms with Gasteiger partial charge in [-0.15, -0.1) is 0 Å². The zero-order valence-corrected chi connectivity index (χ0v) is 37.0. The Labute approximate surface area is 351 Å². The van der Waals surface area contributed by atoms with Crippen LogP contribution in [-0.2, 0) is 44.8 Å². The molecule has 3 unspecified atom stereocenters. The van der Waals surface area contributed by atoms with E-state index in [2.05, 4.69) is 31.9 Å². The van der Waals surface area contributed by atoms with E-state index >= 15 is 0 Å². The van der Waals surface area contributed by atoms with E-state index in [1.165, 1.54) is 0 Å². The van der Waals surface area contributed by atoms with E-state index < -0.39 is 47.1 Å². The Morgan fingerprint density at radius 3 is 2.00 bits per heavy atom. The average molecular weight is 829 g/mol. The molecule has 1 aliphatic carbocycles. The van der Waals surface area contributed by atoms with Crippen LogP contribution in [0.5, 0.6) is 0 Å². The Hall–Kier alpha value is -4.53. The molecule has 0 spiro atoms. The highest BCUT2D eigenvalue weighted by Gasteiger charge is 2.39. The largest absolute Gasteiger partial charge is 0.461 e. The lowest BCUT2D eigenvalue weighted by atomic mass is 9.74. The molecule has 1 fully saturated rings. The van der Waals surface area contributed by atoms with Gasteiger partial charge in [0, 0.05) is 43.4 Å². The van der Waals surface area contributed by atoms with Crippen LogP contribution in [0, 0.1) is 29.1 Å². The second kappa shape index (κ2) is 24.5. The molecule has 9 atom stereocenters. The molecule has 2 rings (SSSR count). The van der Waals surface area contributed by atoms with Crippen LogP contribution >= 0.6 is 0 Å². The Morgan fingerprint density at radius 2 is 1.41 bits per heavy atom. The first-order valence-corrected chi connectivity index (χ1v) is 21.3.